The van der Waals surface area contributed by atoms with Crippen LogP contribution in [0.3, 0.4) is 0 Å². The van der Waals surface area contributed by atoms with E-state index in [2.05, 4.69) is 16.3 Å². The molecule has 20 heavy (non-hydrogen) atoms. The molecule has 0 aliphatic rings. The van der Waals surface area contributed by atoms with Crippen LogP contribution in [-0.4, -0.2) is 21.4 Å². The van der Waals surface area contributed by atoms with Crippen LogP contribution in [0.4, 0.5) is 0 Å². The molecule has 112 valence electrons. The Hall–Kier alpha value is -0.750. The Morgan fingerprint density at radius 1 is 1.60 bits per heavy atom. The highest BCUT2D eigenvalue weighted by molar-refractivity contribution is 7.90. The van der Waals surface area contributed by atoms with Gasteiger partial charge in [-0.25, -0.2) is 4.98 Å². The van der Waals surface area contributed by atoms with Gasteiger partial charge < -0.3 is 9.29 Å². The first-order valence-corrected chi connectivity index (χ1v) is 7.81. The van der Waals surface area contributed by atoms with E-state index in [1.165, 1.54) is 0 Å². The Morgan fingerprint density at radius 3 is 2.75 bits per heavy atom. The summed E-state index contributed by atoms with van der Waals surface area (Å²) < 4.78 is 20.3. The van der Waals surface area contributed by atoms with Gasteiger partial charge in [-0.1, -0.05) is 17.7 Å². The van der Waals surface area contributed by atoms with Crippen molar-refractivity contribution in [2.75, 3.05) is 7.11 Å². The van der Waals surface area contributed by atoms with Crippen molar-refractivity contribution in [3.8, 4) is 5.75 Å². The molecule has 0 spiro atoms. The summed E-state index contributed by atoms with van der Waals surface area (Å²) in [6.45, 7) is 9.46. The number of hydrogen-bond donors (Lipinski definition) is 1. The number of methoxy groups -OCH3 is 1. The smallest absolute Gasteiger partial charge is 0.137 e. The van der Waals surface area contributed by atoms with Gasteiger partial charge in [0.25, 0.3) is 0 Å². The molecule has 1 heterocycles. The van der Waals surface area contributed by atoms with E-state index in [0.29, 0.717) is 22.9 Å². The molecule has 0 aliphatic heterocycles. The molecule has 1 unspecified atom stereocenters. The van der Waals surface area contributed by atoms with Crippen molar-refractivity contribution in [1.29, 1.82) is 0 Å². The number of aromatic nitrogens is 1. The average Bonchev–Trinajstić information content (AvgIpc) is 2.36. The van der Waals surface area contributed by atoms with Crippen LogP contribution in [0.2, 0.25) is 5.15 Å². The number of nitrogens with zero attached hydrogens (tertiary/aromatic N) is 1. The lowest BCUT2D eigenvalue weighted by molar-refractivity contribution is 0.402. The molecule has 0 radical (unpaired) electrons. The summed E-state index contributed by atoms with van der Waals surface area (Å²) in [4.78, 5) is 4.07. The van der Waals surface area contributed by atoms with Crippen LogP contribution in [0.1, 0.15) is 38.8 Å². The van der Waals surface area contributed by atoms with E-state index in [1.807, 2.05) is 20.8 Å². The first kappa shape index (κ1) is 17.3. The quantitative estimate of drug-likeness (QED) is 0.496. The highest BCUT2D eigenvalue weighted by atomic mass is 35.5. The summed E-state index contributed by atoms with van der Waals surface area (Å²) in [5.74, 6) is 0.621. The topological polar surface area (TPSA) is 57.2 Å². The summed E-state index contributed by atoms with van der Waals surface area (Å²) in [6.07, 6.45) is 3.90. The standard InChI is InChI=1S/C14H21ClN2O2S/c1-6-7-10(17-20(18)14(2,3)4)12-11(19-5)8-9-16-13(12)15/h6,8-10,17H,1,7H2,2-5H3/t10?,20-/m0/s1. The maximum atomic E-state index is 12.3. The number of hydrogen-bond acceptors (Lipinski definition) is 4. The van der Waals surface area contributed by atoms with Gasteiger partial charge in [-0.3, -0.25) is 0 Å². The lowest BCUT2D eigenvalue weighted by atomic mass is 10.1. The fraction of sp³-hybridized carbons (Fsp3) is 0.500. The lowest BCUT2D eigenvalue weighted by Crippen LogP contribution is -2.41. The van der Waals surface area contributed by atoms with Crippen LogP contribution in [0, 0.1) is 0 Å². The molecule has 6 heteroatoms. The fourth-order valence-corrected chi connectivity index (χ4v) is 2.73. The van der Waals surface area contributed by atoms with Crippen molar-refractivity contribution in [2.24, 2.45) is 0 Å². The second-order valence-electron chi connectivity index (χ2n) is 5.29. The number of rotatable bonds is 6. The Morgan fingerprint density at radius 2 is 2.25 bits per heavy atom. The van der Waals surface area contributed by atoms with Crippen molar-refractivity contribution < 1.29 is 9.29 Å². The van der Waals surface area contributed by atoms with E-state index in [4.69, 9.17) is 16.3 Å². The van der Waals surface area contributed by atoms with E-state index in [0.717, 1.165) is 0 Å². The number of nitrogens with one attached hydrogen (secondary N) is 1. The third-order valence-corrected chi connectivity index (χ3v) is 4.59. The van der Waals surface area contributed by atoms with Crippen LogP contribution < -0.4 is 9.46 Å². The molecule has 1 aromatic heterocycles. The average molecular weight is 317 g/mol. The van der Waals surface area contributed by atoms with E-state index in [9.17, 15) is 4.55 Å². The van der Waals surface area contributed by atoms with Gasteiger partial charge in [0.15, 0.2) is 0 Å². The summed E-state index contributed by atoms with van der Waals surface area (Å²) in [5.41, 5.74) is 0.703. The van der Waals surface area contributed by atoms with Crippen LogP contribution in [0.15, 0.2) is 24.9 Å². The molecule has 1 rings (SSSR count). The normalized spacial score (nSPS) is 14.7. The van der Waals surface area contributed by atoms with Gasteiger partial charge in [-0.15, -0.1) is 11.3 Å². The van der Waals surface area contributed by atoms with Crippen molar-refractivity contribution in [3.05, 3.63) is 35.6 Å². The molecular formula is C14H21ClN2O2S. The molecule has 4 nitrogen and oxygen atoms in total. The van der Waals surface area contributed by atoms with Crippen molar-refractivity contribution >= 4 is 23.0 Å². The van der Waals surface area contributed by atoms with E-state index >= 15 is 0 Å². The van der Waals surface area contributed by atoms with Gasteiger partial charge in [0, 0.05) is 17.6 Å². The minimum atomic E-state index is -1.23. The molecular weight excluding hydrogens is 296 g/mol. The number of pyridine rings is 1. The van der Waals surface area contributed by atoms with Gasteiger partial charge in [-0.05, 0) is 33.3 Å². The van der Waals surface area contributed by atoms with Gasteiger partial charge in [0.2, 0.25) is 0 Å². The van der Waals surface area contributed by atoms with E-state index in [1.54, 1.807) is 25.4 Å². The van der Waals surface area contributed by atoms with Gasteiger partial charge in [0.05, 0.1) is 18.7 Å². The SMILES string of the molecule is C=CCC(N[S@@+]([O-])C(C)(C)C)c1c(OC)ccnc1Cl. The highest BCUT2D eigenvalue weighted by Crippen LogP contribution is 2.33. The van der Waals surface area contributed by atoms with Gasteiger partial charge in [-0.2, -0.15) is 0 Å². The Bertz CT molecular complexity index is 463. The molecule has 0 aromatic carbocycles. The first-order chi connectivity index (χ1) is 9.31. The molecule has 0 saturated carbocycles. The van der Waals surface area contributed by atoms with E-state index < -0.39 is 11.4 Å². The second kappa shape index (κ2) is 7.31. The first-order valence-electron chi connectivity index (χ1n) is 6.28. The molecule has 0 fully saturated rings. The molecule has 0 amide bonds. The maximum absolute atomic E-state index is 12.3. The zero-order valence-corrected chi connectivity index (χ0v) is 13.8. The van der Waals surface area contributed by atoms with E-state index in [-0.39, 0.29) is 10.8 Å². The predicted octanol–water partition coefficient (Wildman–Crippen LogP) is 3.41. The molecule has 1 aromatic rings. The molecule has 0 bridgehead atoms. The Labute approximate surface area is 128 Å². The monoisotopic (exact) mass is 316 g/mol. The van der Waals surface area contributed by atoms with Crippen molar-refractivity contribution in [3.63, 3.8) is 0 Å². The predicted molar refractivity (Wildman–Crippen MR) is 84.4 cm³/mol. The van der Waals surface area contributed by atoms with Crippen LogP contribution >= 0.6 is 11.6 Å². The molecule has 2 atom stereocenters. The summed E-state index contributed by atoms with van der Waals surface area (Å²) >= 11 is 4.94. The third-order valence-electron chi connectivity index (χ3n) is 2.68. The largest absolute Gasteiger partial charge is 0.598 e. The molecule has 1 N–H and O–H groups in total. The van der Waals surface area contributed by atoms with Crippen LogP contribution in [-0.2, 0) is 11.4 Å². The van der Waals surface area contributed by atoms with Crippen molar-refractivity contribution in [2.45, 2.75) is 38.0 Å². The van der Waals surface area contributed by atoms with Gasteiger partial charge in [0.1, 0.15) is 15.6 Å². The summed E-state index contributed by atoms with van der Waals surface area (Å²) in [7, 11) is 1.57. The third kappa shape index (κ3) is 4.38. The maximum Gasteiger partial charge on any atom is 0.137 e. The number of ether oxygens (including phenoxy) is 1. The minimum absolute atomic E-state index is 0.260. The minimum Gasteiger partial charge on any atom is -0.598 e. The summed E-state index contributed by atoms with van der Waals surface area (Å²) in [6, 6.07) is 1.47. The second-order valence-corrected chi connectivity index (χ2v) is 7.65. The number of halogens is 1. The Kier molecular flexibility index (Phi) is 6.33. The Balaban J connectivity index is 3.11. The van der Waals surface area contributed by atoms with Crippen LogP contribution in [0.5, 0.6) is 5.75 Å². The molecule has 0 aliphatic carbocycles. The molecule has 0 saturated heterocycles. The highest BCUT2D eigenvalue weighted by Gasteiger charge is 2.31. The zero-order valence-electron chi connectivity index (χ0n) is 12.3. The van der Waals surface area contributed by atoms with Gasteiger partial charge >= 0.3 is 0 Å². The van der Waals surface area contributed by atoms with Crippen molar-refractivity contribution in [1.82, 2.24) is 9.71 Å². The van der Waals surface area contributed by atoms with Crippen LogP contribution in [0.25, 0.3) is 0 Å². The zero-order chi connectivity index (χ0) is 15.3. The lowest BCUT2D eigenvalue weighted by Gasteiger charge is -2.28. The summed E-state index contributed by atoms with van der Waals surface area (Å²) in [5, 5.41) is 0.342. The fourth-order valence-electron chi connectivity index (χ4n) is 1.62.